The Morgan fingerprint density at radius 1 is 1.30 bits per heavy atom. The predicted octanol–water partition coefficient (Wildman–Crippen LogP) is 2.90. The SMILES string of the molecule is CC(C)CC(=O)NCC(O)c1ccccc1C(F)(F)F. The van der Waals surface area contributed by atoms with Crippen LogP contribution in [0.2, 0.25) is 0 Å². The van der Waals surface area contributed by atoms with Crippen molar-refractivity contribution in [2.45, 2.75) is 32.5 Å². The Labute approximate surface area is 115 Å². The molecule has 0 fully saturated rings. The molecule has 0 aromatic heterocycles. The Kier molecular flexibility index (Phi) is 5.56. The van der Waals surface area contributed by atoms with Crippen LogP contribution in [0, 0.1) is 5.92 Å². The van der Waals surface area contributed by atoms with Gasteiger partial charge in [0.1, 0.15) is 0 Å². The molecule has 0 saturated carbocycles. The van der Waals surface area contributed by atoms with Crippen molar-refractivity contribution in [1.82, 2.24) is 5.32 Å². The molecule has 1 rings (SSSR count). The molecule has 1 amide bonds. The van der Waals surface area contributed by atoms with Gasteiger partial charge in [0, 0.05) is 13.0 Å². The van der Waals surface area contributed by atoms with Crippen molar-refractivity contribution in [2.75, 3.05) is 6.54 Å². The summed E-state index contributed by atoms with van der Waals surface area (Å²) in [6.07, 6.45) is -5.64. The summed E-state index contributed by atoms with van der Waals surface area (Å²) in [5.41, 5.74) is -1.12. The monoisotopic (exact) mass is 289 g/mol. The van der Waals surface area contributed by atoms with Crippen LogP contribution in [0.1, 0.15) is 37.5 Å². The first-order chi connectivity index (χ1) is 9.21. The molecule has 0 aliphatic carbocycles. The molecule has 1 atom stereocenters. The Morgan fingerprint density at radius 3 is 2.45 bits per heavy atom. The first-order valence-electron chi connectivity index (χ1n) is 6.32. The molecule has 0 heterocycles. The van der Waals surface area contributed by atoms with Crippen LogP contribution in [-0.4, -0.2) is 17.6 Å². The van der Waals surface area contributed by atoms with E-state index in [1.807, 2.05) is 13.8 Å². The summed E-state index contributed by atoms with van der Waals surface area (Å²) < 4.78 is 38.3. The molecule has 1 aromatic rings. The topological polar surface area (TPSA) is 49.3 Å². The lowest BCUT2D eigenvalue weighted by Crippen LogP contribution is -2.30. The van der Waals surface area contributed by atoms with Crippen LogP contribution in [0.5, 0.6) is 0 Å². The zero-order valence-corrected chi connectivity index (χ0v) is 11.4. The fourth-order valence-electron chi connectivity index (χ4n) is 1.81. The number of carbonyl (C=O) groups excluding carboxylic acids is 1. The van der Waals surface area contributed by atoms with Crippen LogP contribution in [-0.2, 0) is 11.0 Å². The minimum absolute atomic E-state index is 0.148. The Morgan fingerprint density at radius 2 is 1.90 bits per heavy atom. The van der Waals surface area contributed by atoms with Gasteiger partial charge in [0.25, 0.3) is 0 Å². The predicted molar refractivity (Wildman–Crippen MR) is 68.9 cm³/mol. The van der Waals surface area contributed by atoms with Crippen LogP contribution in [0.3, 0.4) is 0 Å². The number of aliphatic hydroxyl groups excluding tert-OH is 1. The van der Waals surface area contributed by atoms with Crippen molar-refractivity contribution in [2.24, 2.45) is 5.92 Å². The zero-order valence-electron chi connectivity index (χ0n) is 11.4. The summed E-state index contributed by atoms with van der Waals surface area (Å²) in [6.45, 7) is 3.47. The second kappa shape index (κ2) is 6.74. The van der Waals surface area contributed by atoms with E-state index in [4.69, 9.17) is 0 Å². The van der Waals surface area contributed by atoms with Crippen molar-refractivity contribution in [3.05, 3.63) is 35.4 Å². The van der Waals surface area contributed by atoms with Crippen LogP contribution in [0.25, 0.3) is 0 Å². The lowest BCUT2D eigenvalue weighted by atomic mass is 10.0. The molecular formula is C14H18F3NO2. The van der Waals surface area contributed by atoms with Crippen molar-refractivity contribution in [3.63, 3.8) is 0 Å². The van der Waals surface area contributed by atoms with Gasteiger partial charge in [-0.1, -0.05) is 32.0 Å². The number of aliphatic hydroxyl groups is 1. The number of amides is 1. The molecule has 0 spiro atoms. The van der Waals surface area contributed by atoms with Crippen molar-refractivity contribution in [3.8, 4) is 0 Å². The third kappa shape index (κ3) is 4.85. The number of hydrogen-bond acceptors (Lipinski definition) is 2. The third-order valence-corrected chi connectivity index (χ3v) is 2.71. The first-order valence-corrected chi connectivity index (χ1v) is 6.32. The molecule has 3 nitrogen and oxygen atoms in total. The normalized spacial score (nSPS) is 13.3. The highest BCUT2D eigenvalue weighted by molar-refractivity contribution is 5.76. The molecule has 20 heavy (non-hydrogen) atoms. The average molecular weight is 289 g/mol. The molecule has 2 N–H and O–H groups in total. The summed E-state index contributed by atoms with van der Waals surface area (Å²) in [5, 5.41) is 12.3. The number of carbonyl (C=O) groups is 1. The molecule has 1 unspecified atom stereocenters. The second-order valence-corrected chi connectivity index (χ2v) is 5.00. The number of benzene rings is 1. The van der Waals surface area contributed by atoms with E-state index in [1.165, 1.54) is 18.2 Å². The van der Waals surface area contributed by atoms with E-state index in [2.05, 4.69) is 5.32 Å². The van der Waals surface area contributed by atoms with Crippen LogP contribution in [0.15, 0.2) is 24.3 Å². The van der Waals surface area contributed by atoms with E-state index >= 15 is 0 Å². The smallest absolute Gasteiger partial charge is 0.387 e. The molecule has 6 heteroatoms. The highest BCUT2D eigenvalue weighted by atomic mass is 19.4. The van der Waals surface area contributed by atoms with E-state index in [0.29, 0.717) is 0 Å². The zero-order chi connectivity index (χ0) is 15.3. The lowest BCUT2D eigenvalue weighted by molar-refractivity contribution is -0.139. The fourth-order valence-corrected chi connectivity index (χ4v) is 1.81. The van der Waals surface area contributed by atoms with Crippen molar-refractivity contribution >= 4 is 5.91 Å². The Bertz CT molecular complexity index is 458. The molecule has 1 aromatic carbocycles. The van der Waals surface area contributed by atoms with Gasteiger partial charge in [0.05, 0.1) is 11.7 Å². The molecule has 112 valence electrons. The summed E-state index contributed by atoms with van der Waals surface area (Å²) >= 11 is 0. The molecule has 0 aliphatic heterocycles. The number of alkyl halides is 3. The number of hydrogen-bond donors (Lipinski definition) is 2. The fraction of sp³-hybridized carbons (Fsp3) is 0.500. The molecule has 0 bridgehead atoms. The standard InChI is InChI=1S/C14H18F3NO2/c1-9(2)7-13(20)18-8-12(19)10-5-3-4-6-11(10)14(15,16)17/h3-6,9,12,19H,7-8H2,1-2H3,(H,18,20). The number of halogens is 3. The van der Waals surface area contributed by atoms with Gasteiger partial charge in [0.2, 0.25) is 5.91 Å². The Balaban J connectivity index is 2.73. The minimum atomic E-state index is -4.53. The first kappa shape index (κ1) is 16.5. The van der Waals surface area contributed by atoms with Crippen LogP contribution < -0.4 is 5.32 Å². The minimum Gasteiger partial charge on any atom is -0.387 e. The van der Waals surface area contributed by atoms with Crippen molar-refractivity contribution in [1.29, 1.82) is 0 Å². The van der Waals surface area contributed by atoms with Gasteiger partial charge < -0.3 is 10.4 Å². The van der Waals surface area contributed by atoms with Gasteiger partial charge in [-0.15, -0.1) is 0 Å². The largest absolute Gasteiger partial charge is 0.416 e. The van der Waals surface area contributed by atoms with E-state index in [-0.39, 0.29) is 30.4 Å². The van der Waals surface area contributed by atoms with Crippen LogP contribution >= 0.6 is 0 Å². The maximum absolute atomic E-state index is 12.8. The van der Waals surface area contributed by atoms with Gasteiger partial charge in [-0.2, -0.15) is 13.2 Å². The van der Waals surface area contributed by atoms with Gasteiger partial charge in [0.15, 0.2) is 0 Å². The third-order valence-electron chi connectivity index (χ3n) is 2.71. The van der Waals surface area contributed by atoms with E-state index < -0.39 is 17.8 Å². The molecule has 0 saturated heterocycles. The van der Waals surface area contributed by atoms with E-state index in [9.17, 15) is 23.1 Å². The number of rotatable bonds is 5. The molecule has 0 radical (unpaired) electrons. The maximum Gasteiger partial charge on any atom is 0.416 e. The van der Waals surface area contributed by atoms with E-state index in [0.717, 1.165) is 6.07 Å². The van der Waals surface area contributed by atoms with Gasteiger partial charge in [-0.05, 0) is 17.5 Å². The summed E-state index contributed by atoms with van der Waals surface area (Å²) in [4.78, 5) is 11.4. The quantitative estimate of drug-likeness (QED) is 0.875. The van der Waals surface area contributed by atoms with E-state index in [1.54, 1.807) is 0 Å². The highest BCUT2D eigenvalue weighted by Gasteiger charge is 2.34. The number of nitrogens with one attached hydrogen (secondary N) is 1. The molecule has 0 aliphatic rings. The molecular weight excluding hydrogens is 271 g/mol. The highest BCUT2D eigenvalue weighted by Crippen LogP contribution is 2.34. The van der Waals surface area contributed by atoms with Crippen molar-refractivity contribution < 1.29 is 23.1 Å². The Hall–Kier alpha value is -1.56. The van der Waals surface area contributed by atoms with Crippen LogP contribution in [0.4, 0.5) is 13.2 Å². The lowest BCUT2D eigenvalue weighted by Gasteiger charge is -2.18. The second-order valence-electron chi connectivity index (χ2n) is 5.00. The van der Waals surface area contributed by atoms with Gasteiger partial charge >= 0.3 is 6.18 Å². The average Bonchev–Trinajstić information content (AvgIpc) is 2.34. The van der Waals surface area contributed by atoms with Gasteiger partial charge in [-0.3, -0.25) is 4.79 Å². The summed E-state index contributed by atoms with van der Waals surface area (Å²) in [5.74, 6) is -0.141. The summed E-state index contributed by atoms with van der Waals surface area (Å²) in [6, 6.07) is 4.80. The summed E-state index contributed by atoms with van der Waals surface area (Å²) in [7, 11) is 0. The van der Waals surface area contributed by atoms with Gasteiger partial charge in [-0.25, -0.2) is 0 Å². The maximum atomic E-state index is 12.8.